The van der Waals surface area contributed by atoms with Crippen molar-refractivity contribution in [3.63, 3.8) is 0 Å². The van der Waals surface area contributed by atoms with E-state index in [9.17, 15) is 19.8 Å². The molecule has 0 bridgehead atoms. The van der Waals surface area contributed by atoms with Gasteiger partial charge in [0.1, 0.15) is 34.5 Å². The fourth-order valence-electron chi connectivity index (χ4n) is 10.9. The first kappa shape index (κ1) is 60.4. The molecular weight excluding hydrogens is 1140 g/mol. The van der Waals surface area contributed by atoms with Crippen molar-refractivity contribution < 1.29 is 59.8 Å². The van der Waals surface area contributed by atoms with E-state index in [0.717, 1.165) is 94.9 Å². The smallest absolute Gasteiger partial charge is 0.545 e. The first-order valence-corrected chi connectivity index (χ1v) is 29.0. The second-order valence-electron chi connectivity index (χ2n) is 20.8. The molecule has 6 aromatic carbocycles. The minimum Gasteiger partial charge on any atom is -0.545 e. The van der Waals surface area contributed by atoms with E-state index in [1.165, 1.54) is 103 Å². The molecule has 0 aromatic heterocycles. The van der Waals surface area contributed by atoms with Gasteiger partial charge in [-0.05, 0) is 108 Å². The number of fused-ring (bicyclic) bond motifs is 4. The van der Waals surface area contributed by atoms with E-state index in [2.05, 4.69) is 26.0 Å². The van der Waals surface area contributed by atoms with E-state index in [-0.39, 0.29) is 32.2 Å². The Labute approximate surface area is 474 Å². The number of hydrogen-bond donors (Lipinski definition) is 0. The largest absolute Gasteiger partial charge is 2.00 e. The van der Waals surface area contributed by atoms with Crippen molar-refractivity contribution >= 4 is 11.9 Å². The summed E-state index contributed by atoms with van der Waals surface area (Å²) in [7, 11) is 0. The molecule has 0 saturated heterocycles. The quantitative estimate of drug-likeness (QED) is 0.0383. The Morgan fingerprint density at radius 2 is 0.740 bits per heavy atom. The monoisotopic (exact) mass is 1220 g/mol. The first-order valence-electron chi connectivity index (χ1n) is 29.0. The Morgan fingerprint density at radius 1 is 0.416 bits per heavy atom. The second kappa shape index (κ2) is 33.4. The number of carbonyl (C=O) groups is 2. The van der Waals surface area contributed by atoms with Gasteiger partial charge in [-0.25, -0.2) is 0 Å². The van der Waals surface area contributed by atoms with Crippen LogP contribution in [0.2, 0.25) is 0 Å². The van der Waals surface area contributed by atoms with Gasteiger partial charge in [0.25, 0.3) is 0 Å². The normalized spacial score (nSPS) is 11.8. The van der Waals surface area contributed by atoms with Crippen LogP contribution in [0, 0.1) is 0 Å². The summed E-state index contributed by atoms with van der Waals surface area (Å²) in [5.74, 6) is 2.20. The topological polar surface area (TPSA) is 117 Å². The number of unbranched alkanes of at least 4 members (excludes halogenated alkanes) is 18. The number of carboxylic acid groups (broad SMARTS) is 2. The van der Waals surface area contributed by atoms with Gasteiger partial charge in [-0.15, -0.1) is 0 Å². The van der Waals surface area contributed by atoms with Crippen LogP contribution in [-0.2, 0) is 59.6 Å². The van der Waals surface area contributed by atoms with Gasteiger partial charge in [-0.3, -0.25) is 0 Å². The molecular formula is C68H82O8Pt. The van der Waals surface area contributed by atoms with Gasteiger partial charge in [0.2, 0.25) is 0 Å². The molecule has 2 aliphatic rings. The fourth-order valence-corrected chi connectivity index (χ4v) is 10.9. The van der Waals surface area contributed by atoms with Crippen molar-refractivity contribution in [3.8, 4) is 34.5 Å². The number of benzene rings is 6. The van der Waals surface area contributed by atoms with Crippen LogP contribution in [0.15, 0.2) is 121 Å². The van der Waals surface area contributed by atoms with Crippen LogP contribution in [0.4, 0.5) is 0 Å². The van der Waals surface area contributed by atoms with Crippen molar-refractivity contribution in [1.82, 2.24) is 0 Å². The van der Waals surface area contributed by atoms with E-state index < -0.39 is 11.9 Å². The third-order valence-electron chi connectivity index (χ3n) is 15.0. The van der Waals surface area contributed by atoms with Crippen molar-refractivity contribution in [2.24, 2.45) is 0 Å². The van der Waals surface area contributed by atoms with E-state index in [4.69, 9.17) is 18.9 Å². The van der Waals surface area contributed by atoms with Gasteiger partial charge in [-0.1, -0.05) is 202 Å². The molecule has 0 N–H and O–H groups in total. The average molecular weight is 1220 g/mol. The van der Waals surface area contributed by atoms with Gasteiger partial charge in [0.15, 0.2) is 0 Å². The minimum absolute atomic E-state index is 0. The molecule has 8 rings (SSSR count). The summed E-state index contributed by atoms with van der Waals surface area (Å²) < 4.78 is 24.4. The van der Waals surface area contributed by atoms with Crippen molar-refractivity contribution in [2.45, 2.75) is 181 Å². The zero-order chi connectivity index (χ0) is 53.2. The maximum absolute atomic E-state index is 12.5. The molecule has 0 saturated carbocycles. The Kier molecular flexibility index (Phi) is 26.2. The summed E-state index contributed by atoms with van der Waals surface area (Å²) in [6.45, 7) is 5.33. The Morgan fingerprint density at radius 3 is 1.09 bits per heavy atom. The number of carboxylic acids is 2. The minimum atomic E-state index is -1.14. The van der Waals surface area contributed by atoms with Gasteiger partial charge < -0.3 is 38.7 Å². The van der Waals surface area contributed by atoms with E-state index >= 15 is 0 Å². The van der Waals surface area contributed by atoms with Crippen LogP contribution in [0.5, 0.6) is 34.5 Å². The number of aryl methyl sites for hydroxylation is 2. The number of hydrogen-bond acceptors (Lipinski definition) is 8. The summed E-state index contributed by atoms with van der Waals surface area (Å²) in [5, 5.41) is 25.1. The van der Waals surface area contributed by atoms with Crippen molar-refractivity contribution in [3.05, 3.63) is 177 Å². The predicted molar refractivity (Wildman–Crippen MR) is 303 cm³/mol. The Balaban J connectivity index is 0.000000246. The van der Waals surface area contributed by atoms with Crippen molar-refractivity contribution in [1.29, 1.82) is 0 Å². The van der Waals surface area contributed by atoms with Gasteiger partial charge in [-0.2, -0.15) is 0 Å². The fraction of sp³-hybridized carbons (Fsp3) is 0.441. The first-order chi connectivity index (χ1) is 37.3. The van der Waals surface area contributed by atoms with Crippen LogP contribution in [0.25, 0.3) is 0 Å². The molecule has 2 heterocycles. The molecule has 2 aliphatic heterocycles. The zero-order valence-corrected chi connectivity index (χ0v) is 48.2. The molecule has 0 radical (unpaired) electrons. The SMILES string of the molecule is CCCCCCCCCCCCc1cc2c(c(C(=O)[O-])c1CCOc1ccccc1)Cc1ccccc1O2.CCCCCCCCCCCCc1cc2c(c(C(=O)[O-])c1CCOc1ccccc1)Cc1ccccc1O2.[Pt+2]. The third kappa shape index (κ3) is 18.7. The summed E-state index contributed by atoms with van der Waals surface area (Å²) >= 11 is 0. The van der Waals surface area contributed by atoms with E-state index in [1.54, 1.807) is 0 Å². The molecule has 0 spiro atoms. The van der Waals surface area contributed by atoms with Crippen molar-refractivity contribution in [2.75, 3.05) is 13.2 Å². The third-order valence-corrected chi connectivity index (χ3v) is 15.0. The molecule has 9 heteroatoms. The van der Waals surface area contributed by atoms with Crippen LogP contribution in [0.1, 0.15) is 207 Å². The van der Waals surface area contributed by atoms with E-state index in [1.807, 2.05) is 109 Å². The Bertz CT molecular complexity index is 2530. The molecule has 0 atom stereocenters. The second-order valence-corrected chi connectivity index (χ2v) is 20.8. The van der Waals surface area contributed by atoms with Gasteiger partial charge in [0, 0.05) is 47.9 Å². The Hall–Kier alpha value is -5.85. The standard InChI is InChI=1S/2C34H42O4.Pt/c2*1-2-3-4-5-6-7-8-9-10-12-17-26-25-32-30(24-27-18-15-16-21-31(27)38-32)33(34(35)36)29(26)22-23-37-28-19-13-11-14-20-28;/h2*11,13-16,18-21,25H,2-10,12,17,22-24H2,1H3,(H,35,36);/q;;+2/p-2. The molecule has 0 aliphatic carbocycles. The number of aromatic carboxylic acids is 2. The summed E-state index contributed by atoms with van der Waals surface area (Å²) in [6.07, 6.45) is 29.1. The van der Waals surface area contributed by atoms with Gasteiger partial charge >= 0.3 is 21.1 Å². The summed E-state index contributed by atoms with van der Waals surface area (Å²) in [4.78, 5) is 25.1. The molecule has 6 aromatic rings. The predicted octanol–water partition coefficient (Wildman–Crippen LogP) is 15.7. The molecule has 77 heavy (non-hydrogen) atoms. The van der Waals surface area contributed by atoms with E-state index in [0.29, 0.717) is 61.5 Å². The van der Waals surface area contributed by atoms with Crippen LogP contribution in [0.3, 0.4) is 0 Å². The summed E-state index contributed by atoms with van der Waals surface area (Å²) in [5.41, 5.74) is 7.74. The number of ether oxygens (including phenoxy) is 4. The maximum Gasteiger partial charge on any atom is 2.00 e. The average Bonchev–Trinajstić information content (AvgIpc) is 3.49. The maximum atomic E-state index is 12.5. The van der Waals surface area contributed by atoms with Gasteiger partial charge in [0.05, 0.1) is 25.2 Å². The number of carbonyl (C=O) groups excluding carboxylic acids is 2. The molecule has 412 valence electrons. The molecule has 0 fully saturated rings. The van der Waals surface area contributed by atoms with Crippen LogP contribution >= 0.6 is 0 Å². The molecule has 8 nitrogen and oxygen atoms in total. The summed E-state index contributed by atoms with van der Waals surface area (Å²) in [6, 6.07) is 39.2. The molecule has 0 amide bonds. The number of rotatable bonds is 32. The molecule has 0 unspecified atom stereocenters. The van der Waals surface area contributed by atoms with Crippen LogP contribution < -0.4 is 29.2 Å². The van der Waals surface area contributed by atoms with Crippen LogP contribution in [-0.4, -0.2) is 25.2 Å². The number of para-hydroxylation sites is 4. The zero-order valence-electron chi connectivity index (χ0n) is 45.9.